The minimum absolute atomic E-state index is 0.00894. The summed E-state index contributed by atoms with van der Waals surface area (Å²) in [5, 5.41) is 8.82. The molecule has 1 aromatic carbocycles. The minimum Gasteiger partial charge on any atom is -0.465 e. The number of hydrogen-bond donors (Lipinski definition) is 1. The van der Waals surface area contributed by atoms with Crippen molar-refractivity contribution in [3.63, 3.8) is 0 Å². The van der Waals surface area contributed by atoms with E-state index in [-0.39, 0.29) is 16.7 Å². The number of hydrogen-bond acceptors (Lipinski definition) is 5. The molecule has 0 bridgehead atoms. The topological polar surface area (TPSA) is 67.2 Å². The molecule has 0 aliphatic carbocycles. The van der Waals surface area contributed by atoms with Crippen LogP contribution in [-0.4, -0.2) is 19.4 Å². The second-order valence-corrected chi connectivity index (χ2v) is 3.20. The highest BCUT2D eigenvalue weighted by molar-refractivity contribution is 7.80. The molecule has 5 heteroatoms. The van der Waals surface area contributed by atoms with E-state index in [4.69, 9.17) is 5.26 Å². The van der Waals surface area contributed by atoms with Gasteiger partial charge in [0.05, 0.1) is 18.2 Å². The SMILES string of the molecule is COC(=O)c1cc(S)cc(C=O)c1C#N. The fourth-order valence-corrected chi connectivity index (χ4v) is 1.41. The van der Waals surface area contributed by atoms with Crippen LogP contribution in [0.2, 0.25) is 0 Å². The number of carbonyl (C=O) groups is 2. The monoisotopic (exact) mass is 221 g/mol. The van der Waals surface area contributed by atoms with Crippen LogP contribution in [0, 0.1) is 11.3 Å². The van der Waals surface area contributed by atoms with Crippen LogP contribution in [0.5, 0.6) is 0 Å². The zero-order valence-electron chi connectivity index (χ0n) is 7.85. The molecule has 0 heterocycles. The van der Waals surface area contributed by atoms with E-state index in [0.717, 1.165) is 0 Å². The summed E-state index contributed by atoms with van der Waals surface area (Å²) in [6.07, 6.45) is 0.505. The van der Waals surface area contributed by atoms with Gasteiger partial charge in [0.25, 0.3) is 0 Å². The maximum Gasteiger partial charge on any atom is 0.339 e. The summed E-state index contributed by atoms with van der Waals surface area (Å²) in [6, 6.07) is 4.60. The predicted octanol–water partition coefficient (Wildman–Crippen LogP) is 1.45. The lowest BCUT2D eigenvalue weighted by molar-refractivity contribution is 0.0600. The molecule has 0 atom stereocenters. The molecular weight excluding hydrogens is 214 g/mol. The van der Waals surface area contributed by atoms with Gasteiger partial charge < -0.3 is 4.74 Å². The van der Waals surface area contributed by atoms with E-state index in [9.17, 15) is 9.59 Å². The fraction of sp³-hybridized carbons (Fsp3) is 0.100. The van der Waals surface area contributed by atoms with Crippen molar-refractivity contribution >= 4 is 24.9 Å². The van der Waals surface area contributed by atoms with Gasteiger partial charge in [-0.05, 0) is 12.1 Å². The first kappa shape index (κ1) is 11.3. The maximum absolute atomic E-state index is 11.3. The van der Waals surface area contributed by atoms with E-state index in [1.165, 1.54) is 19.2 Å². The normalized spacial score (nSPS) is 9.13. The number of aldehydes is 1. The molecule has 1 rings (SSSR count). The summed E-state index contributed by atoms with van der Waals surface area (Å²) in [5.41, 5.74) is 0.189. The first-order valence-corrected chi connectivity index (χ1v) is 4.39. The van der Waals surface area contributed by atoms with Crippen molar-refractivity contribution in [1.82, 2.24) is 0 Å². The third-order valence-electron chi connectivity index (χ3n) is 1.80. The van der Waals surface area contributed by atoms with Gasteiger partial charge in [-0.25, -0.2) is 4.79 Å². The molecule has 76 valence electrons. The van der Waals surface area contributed by atoms with Crippen LogP contribution in [0.3, 0.4) is 0 Å². The summed E-state index contributed by atoms with van der Waals surface area (Å²) >= 11 is 4.02. The number of benzene rings is 1. The van der Waals surface area contributed by atoms with Crippen molar-refractivity contribution in [3.05, 3.63) is 28.8 Å². The molecule has 0 amide bonds. The largest absolute Gasteiger partial charge is 0.465 e. The van der Waals surface area contributed by atoms with Crippen LogP contribution in [0.1, 0.15) is 26.3 Å². The quantitative estimate of drug-likeness (QED) is 0.466. The van der Waals surface area contributed by atoms with E-state index in [0.29, 0.717) is 11.2 Å². The first-order valence-electron chi connectivity index (χ1n) is 3.94. The van der Waals surface area contributed by atoms with Crippen molar-refractivity contribution < 1.29 is 14.3 Å². The van der Waals surface area contributed by atoms with Gasteiger partial charge in [-0.2, -0.15) is 5.26 Å². The number of nitriles is 1. The number of carbonyl (C=O) groups excluding carboxylic acids is 2. The molecule has 0 aromatic heterocycles. The Bertz CT molecular complexity index is 462. The molecule has 0 fully saturated rings. The molecular formula is C10H7NO3S. The minimum atomic E-state index is -0.662. The van der Waals surface area contributed by atoms with Crippen LogP contribution in [0.25, 0.3) is 0 Å². The van der Waals surface area contributed by atoms with Gasteiger partial charge in [-0.1, -0.05) is 0 Å². The molecule has 1 aromatic rings. The highest BCUT2D eigenvalue weighted by atomic mass is 32.1. The van der Waals surface area contributed by atoms with E-state index in [1.54, 1.807) is 6.07 Å². The average molecular weight is 221 g/mol. The Morgan fingerprint density at radius 3 is 2.73 bits per heavy atom. The van der Waals surface area contributed by atoms with Crippen LogP contribution in [0.15, 0.2) is 17.0 Å². The van der Waals surface area contributed by atoms with Gasteiger partial charge in [-0.15, -0.1) is 12.6 Å². The summed E-state index contributed by atoms with van der Waals surface area (Å²) in [5.74, 6) is -0.662. The van der Waals surface area contributed by atoms with Crippen molar-refractivity contribution in [3.8, 4) is 6.07 Å². The highest BCUT2D eigenvalue weighted by Crippen LogP contribution is 2.19. The molecule has 0 saturated carbocycles. The number of methoxy groups -OCH3 is 1. The molecule has 0 spiro atoms. The Morgan fingerprint density at radius 1 is 1.60 bits per heavy atom. The Morgan fingerprint density at radius 2 is 2.27 bits per heavy atom. The second-order valence-electron chi connectivity index (χ2n) is 2.68. The molecule has 0 N–H and O–H groups in total. The maximum atomic E-state index is 11.3. The van der Waals surface area contributed by atoms with Crippen molar-refractivity contribution in [2.75, 3.05) is 7.11 Å². The van der Waals surface area contributed by atoms with Crippen LogP contribution in [-0.2, 0) is 4.74 Å². The molecule has 15 heavy (non-hydrogen) atoms. The lowest BCUT2D eigenvalue weighted by Crippen LogP contribution is -2.06. The van der Waals surface area contributed by atoms with Gasteiger partial charge in [0.15, 0.2) is 6.29 Å². The van der Waals surface area contributed by atoms with Crippen molar-refractivity contribution in [2.45, 2.75) is 4.90 Å². The van der Waals surface area contributed by atoms with Crippen molar-refractivity contribution in [2.24, 2.45) is 0 Å². The third-order valence-corrected chi connectivity index (χ3v) is 2.06. The van der Waals surface area contributed by atoms with E-state index >= 15 is 0 Å². The zero-order valence-corrected chi connectivity index (χ0v) is 8.75. The molecule has 0 unspecified atom stereocenters. The smallest absolute Gasteiger partial charge is 0.339 e. The summed E-state index contributed by atoms with van der Waals surface area (Å²) in [7, 11) is 1.20. The van der Waals surface area contributed by atoms with Gasteiger partial charge in [0.1, 0.15) is 6.07 Å². The van der Waals surface area contributed by atoms with E-state index < -0.39 is 5.97 Å². The summed E-state index contributed by atoms with van der Waals surface area (Å²) in [6.45, 7) is 0. The standard InChI is InChI=1S/C10H7NO3S/c1-14-10(13)8-3-7(15)2-6(5-12)9(8)4-11/h2-3,5,15H,1H3. The van der Waals surface area contributed by atoms with Crippen LogP contribution in [0.4, 0.5) is 0 Å². The zero-order chi connectivity index (χ0) is 11.4. The van der Waals surface area contributed by atoms with Gasteiger partial charge >= 0.3 is 5.97 Å². The Kier molecular flexibility index (Phi) is 3.47. The van der Waals surface area contributed by atoms with Gasteiger partial charge in [-0.3, -0.25) is 4.79 Å². The highest BCUT2D eigenvalue weighted by Gasteiger charge is 2.16. The Hall–Kier alpha value is -1.80. The number of rotatable bonds is 2. The van der Waals surface area contributed by atoms with Gasteiger partial charge in [0.2, 0.25) is 0 Å². The third kappa shape index (κ3) is 2.17. The number of nitrogens with zero attached hydrogens (tertiary/aromatic N) is 1. The predicted molar refractivity (Wildman–Crippen MR) is 55.1 cm³/mol. The number of ether oxygens (including phenoxy) is 1. The number of thiol groups is 1. The lowest BCUT2D eigenvalue weighted by Gasteiger charge is -2.04. The van der Waals surface area contributed by atoms with E-state index in [2.05, 4.69) is 17.4 Å². The fourth-order valence-electron chi connectivity index (χ4n) is 1.14. The molecule has 0 saturated heterocycles. The van der Waals surface area contributed by atoms with E-state index in [1.807, 2.05) is 0 Å². The second kappa shape index (κ2) is 4.62. The summed E-state index contributed by atoms with van der Waals surface area (Å²) < 4.78 is 4.49. The molecule has 0 aliphatic rings. The number of esters is 1. The Labute approximate surface area is 91.9 Å². The molecule has 0 radical (unpaired) electrons. The lowest BCUT2D eigenvalue weighted by atomic mass is 10.0. The molecule has 0 aliphatic heterocycles. The Balaban J connectivity index is 3.50. The average Bonchev–Trinajstić information content (AvgIpc) is 2.26. The van der Waals surface area contributed by atoms with Gasteiger partial charge in [0, 0.05) is 10.5 Å². The van der Waals surface area contributed by atoms with Crippen molar-refractivity contribution in [1.29, 1.82) is 5.26 Å². The first-order chi connectivity index (χ1) is 7.13. The van der Waals surface area contributed by atoms with Crippen LogP contribution >= 0.6 is 12.6 Å². The summed E-state index contributed by atoms with van der Waals surface area (Å²) in [4.78, 5) is 22.4. The van der Waals surface area contributed by atoms with Crippen LogP contribution < -0.4 is 0 Å². The molecule has 4 nitrogen and oxygen atoms in total.